The van der Waals surface area contributed by atoms with Gasteiger partial charge in [0, 0.05) is 11.5 Å². The Balaban J connectivity index is 2.44. The molecule has 2 fully saturated rings. The van der Waals surface area contributed by atoms with Gasteiger partial charge >= 0.3 is 0 Å². The number of aliphatic hydroxyl groups excluding tert-OH is 1. The first-order chi connectivity index (χ1) is 5.41. The molecule has 2 aliphatic rings. The summed E-state index contributed by atoms with van der Waals surface area (Å²) in [5.74, 6) is 0.525. The van der Waals surface area contributed by atoms with Gasteiger partial charge < -0.3 is 10.8 Å². The average Bonchev–Trinajstić information content (AvgIpc) is 2.26. The number of hydrogen-bond acceptors (Lipinski definition) is 2. The number of fused-ring (bicyclic) bond motifs is 2. The Labute approximate surface area is 74.1 Å². The van der Waals surface area contributed by atoms with Crippen LogP contribution < -0.4 is 5.73 Å². The number of nitrogens with two attached hydrogens (primary N) is 1. The van der Waals surface area contributed by atoms with E-state index in [0.717, 1.165) is 6.42 Å². The fourth-order valence-electron chi connectivity index (χ4n) is 3.41. The molecule has 0 radical (unpaired) electrons. The SMILES string of the molecule is CC1(C)[C@@H]2CC[C@@]1(C)C(O)[C@H]2N. The van der Waals surface area contributed by atoms with Crippen LogP contribution in [0.15, 0.2) is 0 Å². The molecule has 2 rings (SSSR count). The second kappa shape index (κ2) is 2.05. The molecule has 0 aromatic heterocycles. The number of rotatable bonds is 0. The van der Waals surface area contributed by atoms with Crippen molar-refractivity contribution in [1.29, 1.82) is 0 Å². The largest absolute Gasteiger partial charge is 0.391 e. The second-order valence-corrected chi connectivity index (χ2v) is 5.31. The van der Waals surface area contributed by atoms with E-state index in [2.05, 4.69) is 20.8 Å². The summed E-state index contributed by atoms with van der Waals surface area (Å²) in [6.45, 7) is 6.69. The molecule has 1 unspecified atom stereocenters. The van der Waals surface area contributed by atoms with Gasteiger partial charge in [-0.25, -0.2) is 0 Å². The maximum absolute atomic E-state index is 9.96. The lowest BCUT2D eigenvalue weighted by Crippen LogP contribution is -2.43. The van der Waals surface area contributed by atoms with E-state index in [1.165, 1.54) is 6.42 Å². The summed E-state index contributed by atoms with van der Waals surface area (Å²) in [5.41, 5.74) is 6.27. The van der Waals surface area contributed by atoms with Crippen molar-refractivity contribution >= 4 is 0 Å². The van der Waals surface area contributed by atoms with E-state index in [1.807, 2.05) is 0 Å². The van der Waals surface area contributed by atoms with Crippen LogP contribution in [-0.2, 0) is 0 Å². The molecule has 2 bridgehead atoms. The molecule has 0 saturated heterocycles. The third-order valence-corrected chi connectivity index (χ3v) is 4.86. The van der Waals surface area contributed by atoms with Crippen molar-refractivity contribution in [3.8, 4) is 0 Å². The normalized spacial score (nSPS) is 56.2. The molecular formula is C10H19NO. The predicted octanol–water partition coefficient (Wildman–Crippen LogP) is 1.13. The van der Waals surface area contributed by atoms with Crippen LogP contribution in [-0.4, -0.2) is 17.3 Å². The second-order valence-electron chi connectivity index (χ2n) is 5.31. The Kier molecular flexibility index (Phi) is 1.45. The predicted molar refractivity (Wildman–Crippen MR) is 48.6 cm³/mol. The van der Waals surface area contributed by atoms with Gasteiger partial charge in [-0.05, 0) is 24.2 Å². The van der Waals surface area contributed by atoms with E-state index in [-0.39, 0.29) is 23.0 Å². The highest BCUT2D eigenvalue weighted by atomic mass is 16.3. The highest BCUT2D eigenvalue weighted by Gasteiger charge is 2.64. The van der Waals surface area contributed by atoms with Gasteiger partial charge in [0.2, 0.25) is 0 Å². The van der Waals surface area contributed by atoms with Crippen molar-refractivity contribution in [2.75, 3.05) is 0 Å². The van der Waals surface area contributed by atoms with Crippen LogP contribution in [0.3, 0.4) is 0 Å². The molecule has 3 N–H and O–H groups in total. The van der Waals surface area contributed by atoms with Gasteiger partial charge in [0.05, 0.1) is 6.10 Å². The first kappa shape index (κ1) is 8.52. The zero-order chi connectivity index (χ0) is 9.15. The van der Waals surface area contributed by atoms with Crippen LogP contribution >= 0.6 is 0 Å². The minimum atomic E-state index is -0.286. The minimum absolute atomic E-state index is 0.0127. The van der Waals surface area contributed by atoms with Crippen LogP contribution in [0.25, 0.3) is 0 Å². The molecule has 2 heteroatoms. The Morgan fingerprint density at radius 3 is 2.17 bits per heavy atom. The van der Waals surface area contributed by atoms with Crippen LogP contribution in [0, 0.1) is 16.7 Å². The minimum Gasteiger partial charge on any atom is -0.391 e. The van der Waals surface area contributed by atoms with E-state index < -0.39 is 0 Å². The summed E-state index contributed by atoms with van der Waals surface area (Å²) in [5, 5.41) is 9.96. The van der Waals surface area contributed by atoms with Crippen LogP contribution in [0.1, 0.15) is 33.6 Å². The van der Waals surface area contributed by atoms with Crippen LogP contribution in [0.2, 0.25) is 0 Å². The van der Waals surface area contributed by atoms with Gasteiger partial charge in [-0.3, -0.25) is 0 Å². The highest BCUT2D eigenvalue weighted by Crippen LogP contribution is 2.64. The summed E-state index contributed by atoms with van der Waals surface area (Å²) in [4.78, 5) is 0. The quantitative estimate of drug-likeness (QED) is 0.571. The van der Waals surface area contributed by atoms with Crippen molar-refractivity contribution in [3.05, 3.63) is 0 Å². The van der Waals surface area contributed by atoms with Gasteiger partial charge in [-0.1, -0.05) is 20.8 Å². The third kappa shape index (κ3) is 0.647. The Hall–Kier alpha value is -0.0800. The van der Waals surface area contributed by atoms with Gasteiger partial charge in [-0.15, -0.1) is 0 Å². The van der Waals surface area contributed by atoms with E-state index in [9.17, 15) is 5.11 Å². The van der Waals surface area contributed by atoms with Crippen LogP contribution in [0.5, 0.6) is 0 Å². The molecule has 0 aliphatic heterocycles. The van der Waals surface area contributed by atoms with Crippen molar-refractivity contribution < 1.29 is 5.11 Å². The molecule has 4 atom stereocenters. The molecule has 0 aromatic carbocycles. The molecule has 12 heavy (non-hydrogen) atoms. The Bertz CT molecular complexity index is 214. The molecule has 2 saturated carbocycles. The molecule has 0 heterocycles. The summed E-state index contributed by atoms with van der Waals surface area (Å²) < 4.78 is 0. The maximum atomic E-state index is 9.96. The van der Waals surface area contributed by atoms with Crippen molar-refractivity contribution in [2.45, 2.75) is 45.8 Å². The molecule has 2 aliphatic carbocycles. The topological polar surface area (TPSA) is 46.2 Å². The van der Waals surface area contributed by atoms with E-state index in [0.29, 0.717) is 5.92 Å². The monoisotopic (exact) mass is 169 g/mol. The first-order valence-corrected chi connectivity index (χ1v) is 4.85. The lowest BCUT2D eigenvalue weighted by molar-refractivity contribution is 0.00582. The van der Waals surface area contributed by atoms with Crippen molar-refractivity contribution in [2.24, 2.45) is 22.5 Å². The smallest absolute Gasteiger partial charge is 0.0752 e. The molecule has 2 nitrogen and oxygen atoms in total. The fourth-order valence-corrected chi connectivity index (χ4v) is 3.41. The van der Waals surface area contributed by atoms with Crippen molar-refractivity contribution in [1.82, 2.24) is 0 Å². The van der Waals surface area contributed by atoms with Gasteiger partial charge in [0.1, 0.15) is 0 Å². The van der Waals surface area contributed by atoms with E-state index in [4.69, 9.17) is 5.73 Å². The van der Waals surface area contributed by atoms with Crippen molar-refractivity contribution in [3.63, 3.8) is 0 Å². The number of hydrogen-bond donors (Lipinski definition) is 2. The lowest BCUT2D eigenvalue weighted by Gasteiger charge is -2.36. The van der Waals surface area contributed by atoms with E-state index in [1.54, 1.807) is 0 Å². The highest BCUT2D eigenvalue weighted by molar-refractivity contribution is 5.16. The fraction of sp³-hybridized carbons (Fsp3) is 1.00. The summed E-state index contributed by atoms with van der Waals surface area (Å²) in [7, 11) is 0. The average molecular weight is 169 g/mol. The molecule has 0 amide bonds. The molecule has 0 spiro atoms. The third-order valence-electron chi connectivity index (χ3n) is 4.86. The molecule has 0 aromatic rings. The standard InChI is InChI=1S/C10H19NO/c1-9(2)6-4-5-10(9,3)8(12)7(6)11/h6-8,12H,4-5,11H2,1-3H3/t6-,7+,8?,10+/m1/s1. The Morgan fingerprint density at radius 1 is 1.33 bits per heavy atom. The van der Waals surface area contributed by atoms with Gasteiger partial charge in [0.25, 0.3) is 0 Å². The summed E-state index contributed by atoms with van der Waals surface area (Å²) in [6.07, 6.45) is 2.05. The zero-order valence-electron chi connectivity index (χ0n) is 8.17. The van der Waals surface area contributed by atoms with Gasteiger partial charge in [-0.2, -0.15) is 0 Å². The van der Waals surface area contributed by atoms with Gasteiger partial charge in [0.15, 0.2) is 0 Å². The molecule has 70 valence electrons. The number of aliphatic hydroxyl groups is 1. The summed E-state index contributed by atoms with van der Waals surface area (Å²) in [6, 6.07) is 0.0127. The van der Waals surface area contributed by atoms with Crippen LogP contribution in [0.4, 0.5) is 0 Å². The Morgan fingerprint density at radius 2 is 1.92 bits per heavy atom. The maximum Gasteiger partial charge on any atom is 0.0752 e. The van der Waals surface area contributed by atoms with E-state index >= 15 is 0 Å². The summed E-state index contributed by atoms with van der Waals surface area (Å²) >= 11 is 0. The molecular weight excluding hydrogens is 150 g/mol. The first-order valence-electron chi connectivity index (χ1n) is 4.85. The lowest BCUT2D eigenvalue weighted by atomic mass is 9.70. The zero-order valence-corrected chi connectivity index (χ0v) is 8.17.